The van der Waals surface area contributed by atoms with Crippen LogP contribution in [0.5, 0.6) is 0 Å². The maximum atomic E-state index is 10.2. The summed E-state index contributed by atoms with van der Waals surface area (Å²) in [5, 5.41) is 0. The Kier molecular flexibility index (Phi) is 22.4. The second-order valence-corrected chi connectivity index (χ2v) is 4.00. The summed E-state index contributed by atoms with van der Waals surface area (Å²) in [5.41, 5.74) is 0. The molecule has 0 heterocycles. The zero-order valence-electron chi connectivity index (χ0n) is 8.07. The fourth-order valence-electron chi connectivity index (χ4n) is 1.03. The van der Waals surface area contributed by atoms with Crippen LogP contribution in [0, 0.1) is 0 Å². The Morgan fingerprint density at radius 2 is 1.46 bits per heavy atom. The van der Waals surface area contributed by atoms with Crippen molar-refractivity contribution in [1.29, 1.82) is 0 Å². The molecule has 1 atom stereocenters. The standard InChI is InChI=1S/C8H17O2P.2ClH/c1-2-3-4-5-6-7-8-11(9)10;;/h2-8H2,1H3;2*1H/p+1. The Balaban J connectivity index is -0.000000500. The number of unbranched alkanes of at least 4 members (excludes halogenated alkanes) is 5. The molecule has 0 aromatic carbocycles. The van der Waals surface area contributed by atoms with Crippen LogP contribution in [-0.2, 0) is 4.57 Å². The smallest absolute Gasteiger partial charge is 0.161 e. The van der Waals surface area contributed by atoms with E-state index in [4.69, 9.17) is 4.89 Å². The van der Waals surface area contributed by atoms with Gasteiger partial charge in [0.2, 0.25) is 0 Å². The largest absolute Gasteiger partial charge is 0.505 e. The highest BCUT2D eigenvalue weighted by molar-refractivity contribution is 7.37. The minimum atomic E-state index is -1.87. The third-order valence-corrected chi connectivity index (χ3v) is 2.40. The summed E-state index contributed by atoms with van der Waals surface area (Å²) in [5.74, 6) is 0. The fraction of sp³-hybridized carbons (Fsp3) is 1.00. The van der Waals surface area contributed by atoms with E-state index in [-0.39, 0.29) is 24.8 Å². The van der Waals surface area contributed by atoms with E-state index >= 15 is 0 Å². The van der Waals surface area contributed by atoms with Crippen molar-refractivity contribution < 1.29 is 9.46 Å². The molecule has 2 nitrogen and oxygen atoms in total. The van der Waals surface area contributed by atoms with Crippen LogP contribution in [0.15, 0.2) is 0 Å². The number of halogens is 2. The van der Waals surface area contributed by atoms with E-state index in [1.807, 2.05) is 0 Å². The van der Waals surface area contributed by atoms with E-state index in [1.54, 1.807) is 0 Å². The highest BCUT2D eigenvalue weighted by Crippen LogP contribution is 2.16. The molecule has 0 rings (SSSR count). The van der Waals surface area contributed by atoms with Crippen LogP contribution < -0.4 is 0 Å². The fourth-order valence-corrected chi connectivity index (χ4v) is 1.52. The minimum Gasteiger partial charge on any atom is -0.161 e. The van der Waals surface area contributed by atoms with Crippen LogP contribution in [0.1, 0.15) is 45.4 Å². The average Bonchev–Trinajstić information content (AvgIpc) is 1.96. The Bertz CT molecular complexity index is 112. The van der Waals surface area contributed by atoms with E-state index in [0.717, 1.165) is 12.8 Å². The molecule has 0 aliphatic heterocycles. The molecule has 0 spiro atoms. The zero-order valence-corrected chi connectivity index (χ0v) is 10.6. The van der Waals surface area contributed by atoms with Crippen LogP contribution in [0.3, 0.4) is 0 Å². The van der Waals surface area contributed by atoms with Gasteiger partial charge in [0.25, 0.3) is 0 Å². The molecular weight excluding hydrogens is 230 g/mol. The molecule has 0 amide bonds. The lowest BCUT2D eigenvalue weighted by atomic mass is 10.1. The van der Waals surface area contributed by atoms with Crippen molar-refractivity contribution in [3.05, 3.63) is 0 Å². The van der Waals surface area contributed by atoms with Crippen LogP contribution in [-0.4, -0.2) is 11.1 Å². The summed E-state index contributed by atoms with van der Waals surface area (Å²) in [4.78, 5) is 8.46. The molecule has 0 saturated carbocycles. The summed E-state index contributed by atoms with van der Waals surface area (Å²) >= 11 is 0. The van der Waals surface area contributed by atoms with Gasteiger partial charge in [-0.05, 0) is 17.4 Å². The van der Waals surface area contributed by atoms with Gasteiger partial charge in [-0.2, -0.15) is 4.89 Å². The molecule has 0 radical (unpaired) electrons. The first-order valence-electron chi connectivity index (χ1n) is 4.41. The summed E-state index contributed by atoms with van der Waals surface area (Å²) in [7, 11) is -1.87. The van der Waals surface area contributed by atoms with Crippen LogP contribution in [0.25, 0.3) is 0 Å². The highest BCUT2D eigenvalue weighted by Gasteiger charge is 2.07. The summed E-state index contributed by atoms with van der Waals surface area (Å²) in [6.45, 7) is 2.19. The molecule has 1 unspecified atom stereocenters. The van der Waals surface area contributed by atoms with Gasteiger partial charge >= 0.3 is 8.03 Å². The molecule has 82 valence electrons. The third-order valence-electron chi connectivity index (χ3n) is 1.70. The Morgan fingerprint density at radius 1 is 1.00 bits per heavy atom. The second-order valence-electron chi connectivity index (χ2n) is 2.84. The molecule has 0 fully saturated rings. The Hall–Kier alpha value is 0.640. The second kappa shape index (κ2) is 15.1. The molecule has 13 heavy (non-hydrogen) atoms. The van der Waals surface area contributed by atoms with E-state index in [2.05, 4.69) is 6.92 Å². The molecule has 0 aromatic heterocycles. The maximum absolute atomic E-state index is 10.2. The van der Waals surface area contributed by atoms with E-state index in [9.17, 15) is 4.57 Å². The minimum absolute atomic E-state index is 0. The van der Waals surface area contributed by atoms with Gasteiger partial charge in [0.1, 0.15) is 0 Å². The normalized spacial score (nSPS) is 9.85. The van der Waals surface area contributed by atoms with Gasteiger partial charge < -0.3 is 0 Å². The van der Waals surface area contributed by atoms with Crippen molar-refractivity contribution in [2.24, 2.45) is 0 Å². The van der Waals surface area contributed by atoms with Crippen molar-refractivity contribution in [2.45, 2.75) is 45.4 Å². The molecular formula is C8H20Cl2O2P+. The van der Waals surface area contributed by atoms with Crippen molar-refractivity contribution >= 4 is 32.8 Å². The Labute approximate surface area is 94.2 Å². The van der Waals surface area contributed by atoms with E-state index < -0.39 is 8.03 Å². The summed E-state index contributed by atoms with van der Waals surface area (Å²) < 4.78 is 10.2. The predicted molar refractivity (Wildman–Crippen MR) is 62.6 cm³/mol. The first-order valence-corrected chi connectivity index (χ1v) is 5.80. The molecule has 1 N–H and O–H groups in total. The van der Waals surface area contributed by atoms with Crippen LogP contribution in [0.4, 0.5) is 0 Å². The monoisotopic (exact) mass is 249 g/mol. The SMILES string of the molecule is CCCCCCCC[P+](=O)O.Cl.Cl. The molecule has 0 aliphatic rings. The zero-order chi connectivity index (χ0) is 8.53. The third kappa shape index (κ3) is 19.2. The maximum Gasteiger partial charge on any atom is 0.505 e. The van der Waals surface area contributed by atoms with Crippen LogP contribution >= 0.6 is 32.8 Å². The summed E-state index contributed by atoms with van der Waals surface area (Å²) in [6.07, 6.45) is 7.56. The van der Waals surface area contributed by atoms with Gasteiger partial charge in [0, 0.05) is 0 Å². The average molecular weight is 250 g/mol. The molecule has 0 saturated heterocycles. The molecule has 0 bridgehead atoms. The van der Waals surface area contributed by atoms with Gasteiger partial charge in [-0.15, -0.1) is 24.8 Å². The lowest BCUT2D eigenvalue weighted by molar-refractivity contribution is 0.498. The van der Waals surface area contributed by atoms with Gasteiger partial charge in [0.05, 0.1) is 0 Å². The van der Waals surface area contributed by atoms with Crippen molar-refractivity contribution in [2.75, 3.05) is 6.16 Å². The highest BCUT2D eigenvalue weighted by atomic mass is 35.5. The van der Waals surface area contributed by atoms with Gasteiger partial charge in [0.15, 0.2) is 6.16 Å². The van der Waals surface area contributed by atoms with Crippen molar-refractivity contribution in [3.8, 4) is 0 Å². The predicted octanol–water partition coefficient (Wildman–Crippen LogP) is 3.93. The van der Waals surface area contributed by atoms with Gasteiger partial charge in [-0.3, -0.25) is 0 Å². The molecule has 0 aliphatic carbocycles. The van der Waals surface area contributed by atoms with Crippen molar-refractivity contribution in [1.82, 2.24) is 0 Å². The first-order chi connectivity index (χ1) is 5.27. The first kappa shape index (κ1) is 19.2. The molecule has 0 aromatic rings. The summed E-state index contributed by atoms with van der Waals surface area (Å²) in [6, 6.07) is 0. The Morgan fingerprint density at radius 3 is 1.92 bits per heavy atom. The van der Waals surface area contributed by atoms with Crippen LogP contribution in [0.2, 0.25) is 0 Å². The molecule has 5 heteroatoms. The topological polar surface area (TPSA) is 37.3 Å². The number of hydrogen-bond acceptors (Lipinski definition) is 1. The van der Waals surface area contributed by atoms with E-state index in [0.29, 0.717) is 6.16 Å². The van der Waals surface area contributed by atoms with E-state index in [1.165, 1.54) is 25.7 Å². The number of hydrogen-bond donors (Lipinski definition) is 1. The van der Waals surface area contributed by atoms with Gasteiger partial charge in [-0.1, -0.05) is 32.6 Å². The lowest BCUT2D eigenvalue weighted by Gasteiger charge is -1.94. The quantitative estimate of drug-likeness (QED) is 0.549. The lowest BCUT2D eigenvalue weighted by Crippen LogP contribution is -1.81. The van der Waals surface area contributed by atoms with Crippen molar-refractivity contribution in [3.63, 3.8) is 0 Å². The number of rotatable bonds is 7. The van der Waals surface area contributed by atoms with Gasteiger partial charge in [-0.25, -0.2) is 0 Å².